The van der Waals surface area contributed by atoms with Crippen LogP contribution in [0.4, 0.5) is 0 Å². The number of carbonyl (C=O) groups excluding carboxylic acids is 1. The number of benzene rings is 1. The Balaban J connectivity index is 2.20. The number of aliphatic hydroxyl groups is 1. The van der Waals surface area contributed by atoms with Gasteiger partial charge in [-0.1, -0.05) is 11.6 Å². The van der Waals surface area contributed by atoms with Gasteiger partial charge in [-0.05, 0) is 24.3 Å². The average molecular weight is 295 g/mol. The number of carbonyl (C=O) groups is 1. The molecule has 1 aromatic heterocycles. The van der Waals surface area contributed by atoms with Crippen LogP contribution in [0.1, 0.15) is 10.4 Å². The normalized spacial score (nSPS) is 12.3. The van der Waals surface area contributed by atoms with Crippen LogP contribution in [-0.4, -0.2) is 42.4 Å². The van der Waals surface area contributed by atoms with Gasteiger partial charge in [-0.2, -0.15) is 0 Å². The largest absolute Gasteiger partial charge is 0.389 e. The van der Waals surface area contributed by atoms with Crippen LogP contribution in [0.3, 0.4) is 0 Å². The topological polar surface area (TPSA) is 71.5 Å². The Hall–Kier alpha value is -1.69. The number of pyridine rings is 1. The fourth-order valence-electron chi connectivity index (χ4n) is 1.88. The number of nitrogens with zero attached hydrogens (tertiary/aromatic N) is 1. The summed E-state index contributed by atoms with van der Waals surface area (Å²) in [7, 11) is 1.49. The zero-order valence-corrected chi connectivity index (χ0v) is 11.7. The number of ether oxygens (including phenoxy) is 1. The van der Waals surface area contributed by atoms with Crippen molar-refractivity contribution >= 4 is 28.4 Å². The molecule has 0 radical (unpaired) electrons. The molecule has 1 heterocycles. The SMILES string of the molecule is COCC(O)CNC(=O)c1ccc(Cl)c2cccnc12. The molecule has 0 fully saturated rings. The van der Waals surface area contributed by atoms with Crippen molar-refractivity contribution in [1.82, 2.24) is 10.3 Å². The first-order valence-electron chi connectivity index (χ1n) is 6.12. The summed E-state index contributed by atoms with van der Waals surface area (Å²) in [5.74, 6) is -0.305. The quantitative estimate of drug-likeness (QED) is 0.879. The first-order chi connectivity index (χ1) is 9.63. The van der Waals surface area contributed by atoms with E-state index in [9.17, 15) is 9.90 Å². The molecule has 20 heavy (non-hydrogen) atoms. The Morgan fingerprint density at radius 1 is 1.50 bits per heavy atom. The molecule has 2 rings (SSSR count). The molecular formula is C14H15ClN2O3. The maximum Gasteiger partial charge on any atom is 0.253 e. The first-order valence-corrected chi connectivity index (χ1v) is 6.49. The van der Waals surface area contributed by atoms with Crippen molar-refractivity contribution in [2.45, 2.75) is 6.10 Å². The summed E-state index contributed by atoms with van der Waals surface area (Å²) >= 11 is 6.07. The Bertz CT molecular complexity index is 618. The van der Waals surface area contributed by atoms with Gasteiger partial charge < -0.3 is 15.2 Å². The van der Waals surface area contributed by atoms with Crippen LogP contribution in [-0.2, 0) is 4.74 Å². The number of amides is 1. The number of halogens is 1. The van der Waals surface area contributed by atoms with E-state index in [-0.39, 0.29) is 19.1 Å². The second kappa shape index (κ2) is 6.65. The van der Waals surface area contributed by atoms with Gasteiger partial charge in [0.15, 0.2) is 0 Å². The number of methoxy groups -OCH3 is 1. The molecule has 0 bridgehead atoms. The predicted octanol–water partition coefficient (Wildman–Crippen LogP) is 1.63. The molecule has 0 aliphatic carbocycles. The van der Waals surface area contributed by atoms with E-state index >= 15 is 0 Å². The van der Waals surface area contributed by atoms with Gasteiger partial charge in [-0.3, -0.25) is 9.78 Å². The van der Waals surface area contributed by atoms with E-state index in [0.29, 0.717) is 16.1 Å². The van der Waals surface area contributed by atoms with Gasteiger partial charge in [0.05, 0.1) is 28.8 Å². The van der Waals surface area contributed by atoms with Crippen LogP contribution in [0.15, 0.2) is 30.5 Å². The van der Waals surface area contributed by atoms with Crippen molar-refractivity contribution in [3.8, 4) is 0 Å². The summed E-state index contributed by atoms with van der Waals surface area (Å²) in [6, 6.07) is 6.85. The van der Waals surface area contributed by atoms with Crippen LogP contribution in [0.25, 0.3) is 10.9 Å². The summed E-state index contributed by atoms with van der Waals surface area (Å²) in [5.41, 5.74) is 0.966. The highest BCUT2D eigenvalue weighted by atomic mass is 35.5. The minimum atomic E-state index is -0.740. The van der Waals surface area contributed by atoms with Gasteiger partial charge in [0.1, 0.15) is 0 Å². The van der Waals surface area contributed by atoms with Crippen LogP contribution in [0.2, 0.25) is 5.02 Å². The molecule has 1 amide bonds. The standard InChI is InChI=1S/C14H15ClN2O3/c1-20-8-9(18)7-17-14(19)11-4-5-12(15)10-3-2-6-16-13(10)11/h2-6,9,18H,7-8H2,1H3,(H,17,19). The van der Waals surface area contributed by atoms with E-state index in [0.717, 1.165) is 5.39 Å². The molecule has 1 unspecified atom stereocenters. The first kappa shape index (κ1) is 14.7. The van der Waals surface area contributed by atoms with Crippen LogP contribution in [0.5, 0.6) is 0 Å². The van der Waals surface area contributed by atoms with E-state index in [2.05, 4.69) is 10.3 Å². The van der Waals surface area contributed by atoms with Gasteiger partial charge in [0.2, 0.25) is 0 Å². The lowest BCUT2D eigenvalue weighted by Gasteiger charge is -2.12. The van der Waals surface area contributed by atoms with Crippen molar-refractivity contribution in [3.05, 3.63) is 41.0 Å². The van der Waals surface area contributed by atoms with Gasteiger partial charge in [-0.15, -0.1) is 0 Å². The van der Waals surface area contributed by atoms with Gasteiger partial charge >= 0.3 is 0 Å². The van der Waals surface area contributed by atoms with Gasteiger partial charge in [-0.25, -0.2) is 0 Å². The molecule has 2 N–H and O–H groups in total. The smallest absolute Gasteiger partial charge is 0.253 e. The molecule has 2 aromatic rings. The maximum atomic E-state index is 12.1. The van der Waals surface area contributed by atoms with Crippen molar-refractivity contribution in [2.24, 2.45) is 0 Å². The van der Waals surface area contributed by atoms with Crippen molar-refractivity contribution in [1.29, 1.82) is 0 Å². The second-order valence-electron chi connectivity index (χ2n) is 4.31. The Kier molecular flexibility index (Phi) is 4.89. The average Bonchev–Trinajstić information content (AvgIpc) is 2.46. The molecule has 0 spiro atoms. The molecule has 0 aliphatic heterocycles. The number of rotatable bonds is 5. The highest BCUT2D eigenvalue weighted by Crippen LogP contribution is 2.24. The molecule has 0 saturated carbocycles. The van der Waals surface area contributed by atoms with E-state index < -0.39 is 6.10 Å². The number of aromatic nitrogens is 1. The highest BCUT2D eigenvalue weighted by molar-refractivity contribution is 6.36. The van der Waals surface area contributed by atoms with Crippen LogP contribution >= 0.6 is 11.6 Å². The lowest BCUT2D eigenvalue weighted by molar-refractivity contribution is 0.0610. The molecule has 1 atom stereocenters. The molecule has 1 aromatic carbocycles. The minimum absolute atomic E-state index is 0.115. The Labute approximate surface area is 121 Å². The summed E-state index contributed by atoms with van der Waals surface area (Å²) in [6.07, 6.45) is 0.866. The molecule has 0 saturated heterocycles. The zero-order valence-electron chi connectivity index (χ0n) is 11.0. The third-order valence-electron chi connectivity index (χ3n) is 2.82. The fraction of sp³-hybridized carbons (Fsp3) is 0.286. The lowest BCUT2D eigenvalue weighted by Crippen LogP contribution is -2.34. The van der Waals surface area contributed by atoms with Crippen molar-refractivity contribution in [3.63, 3.8) is 0 Å². The summed E-state index contributed by atoms with van der Waals surface area (Å²) in [4.78, 5) is 16.3. The molecule has 5 nitrogen and oxygen atoms in total. The third-order valence-corrected chi connectivity index (χ3v) is 3.15. The van der Waals surface area contributed by atoms with Gasteiger partial charge in [0, 0.05) is 25.2 Å². The van der Waals surface area contributed by atoms with E-state index in [1.54, 1.807) is 30.5 Å². The van der Waals surface area contributed by atoms with E-state index in [1.807, 2.05) is 0 Å². The number of hydrogen-bond donors (Lipinski definition) is 2. The predicted molar refractivity (Wildman–Crippen MR) is 77.0 cm³/mol. The zero-order chi connectivity index (χ0) is 14.5. The van der Waals surface area contributed by atoms with Crippen molar-refractivity contribution in [2.75, 3.05) is 20.3 Å². The highest BCUT2D eigenvalue weighted by Gasteiger charge is 2.14. The van der Waals surface area contributed by atoms with E-state index in [4.69, 9.17) is 16.3 Å². The third kappa shape index (κ3) is 3.25. The monoisotopic (exact) mass is 294 g/mol. The molecule has 106 valence electrons. The Morgan fingerprint density at radius 2 is 2.30 bits per heavy atom. The summed E-state index contributed by atoms with van der Waals surface area (Å²) in [5, 5.41) is 13.4. The van der Waals surface area contributed by atoms with Crippen LogP contribution < -0.4 is 5.32 Å². The molecular weight excluding hydrogens is 280 g/mol. The number of nitrogens with one attached hydrogen (secondary N) is 1. The second-order valence-corrected chi connectivity index (χ2v) is 4.72. The molecule has 0 aliphatic rings. The summed E-state index contributed by atoms with van der Waals surface area (Å²) < 4.78 is 4.80. The number of aliphatic hydroxyl groups excluding tert-OH is 1. The summed E-state index contributed by atoms with van der Waals surface area (Å²) in [6.45, 7) is 0.281. The Morgan fingerprint density at radius 3 is 3.05 bits per heavy atom. The minimum Gasteiger partial charge on any atom is -0.389 e. The van der Waals surface area contributed by atoms with E-state index in [1.165, 1.54) is 7.11 Å². The fourth-order valence-corrected chi connectivity index (χ4v) is 2.09. The van der Waals surface area contributed by atoms with Crippen molar-refractivity contribution < 1.29 is 14.6 Å². The van der Waals surface area contributed by atoms with Crippen LogP contribution in [0, 0.1) is 0 Å². The number of hydrogen-bond acceptors (Lipinski definition) is 4. The van der Waals surface area contributed by atoms with Gasteiger partial charge in [0.25, 0.3) is 5.91 Å². The maximum absolute atomic E-state index is 12.1. The number of fused-ring (bicyclic) bond motifs is 1. The lowest BCUT2D eigenvalue weighted by atomic mass is 10.1. The molecule has 6 heteroatoms.